The first-order chi connectivity index (χ1) is 11.4. The van der Waals surface area contributed by atoms with Crippen LogP contribution in [0.25, 0.3) is 0 Å². The molecule has 24 heavy (non-hydrogen) atoms. The Morgan fingerprint density at radius 3 is 2.71 bits per heavy atom. The number of hydrogen-bond donors (Lipinski definition) is 1. The van der Waals surface area contributed by atoms with E-state index in [1.165, 1.54) is 6.26 Å². The average Bonchev–Trinajstić information content (AvgIpc) is 3.11. The van der Waals surface area contributed by atoms with Gasteiger partial charge in [0, 0.05) is 37.8 Å². The zero-order valence-electron chi connectivity index (χ0n) is 13.5. The number of sulfone groups is 1. The summed E-state index contributed by atoms with van der Waals surface area (Å²) in [6.07, 6.45) is 3.91. The van der Waals surface area contributed by atoms with E-state index < -0.39 is 9.84 Å². The largest absolute Gasteiger partial charge is 0.352 e. The number of nitrogens with zero attached hydrogens (tertiary/aromatic N) is 3. The van der Waals surface area contributed by atoms with E-state index in [0.717, 1.165) is 31.0 Å². The highest BCUT2D eigenvalue weighted by Crippen LogP contribution is 2.14. The summed E-state index contributed by atoms with van der Waals surface area (Å²) in [5, 5.41) is 11.2. The van der Waals surface area contributed by atoms with Gasteiger partial charge >= 0.3 is 0 Å². The molecule has 2 aromatic rings. The second kappa shape index (κ2) is 6.72. The Balaban J connectivity index is 1.53. The van der Waals surface area contributed by atoms with E-state index in [9.17, 15) is 13.2 Å². The molecule has 1 aromatic heterocycles. The molecule has 0 saturated carbocycles. The Kier molecular flexibility index (Phi) is 4.66. The van der Waals surface area contributed by atoms with Crippen LogP contribution in [0.3, 0.4) is 0 Å². The van der Waals surface area contributed by atoms with E-state index in [-0.39, 0.29) is 11.7 Å². The van der Waals surface area contributed by atoms with Crippen molar-refractivity contribution in [1.29, 1.82) is 0 Å². The Morgan fingerprint density at radius 2 is 2.00 bits per heavy atom. The molecule has 1 N–H and O–H groups in total. The first kappa shape index (κ1) is 16.6. The normalized spacial score (nSPS) is 13.7. The highest BCUT2D eigenvalue weighted by atomic mass is 32.2. The van der Waals surface area contributed by atoms with Crippen LogP contribution in [0, 0.1) is 0 Å². The quantitative estimate of drug-likeness (QED) is 0.831. The fraction of sp³-hybridized carbons (Fsp3) is 0.438. The molecule has 0 fully saturated rings. The molecule has 0 bridgehead atoms. The fourth-order valence-corrected chi connectivity index (χ4v) is 3.64. The minimum absolute atomic E-state index is 0.0209. The molecule has 0 radical (unpaired) electrons. The maximum Gasteiger partial charge on any atom is 0.251 e. The van der Waals surface area contributed by atoms with Crippen LogP contribution in [-0.4, -0.2) is 41.9 Å². The molecule has 2 heterocycles. The van der Waals surface area contributed by atoms with E-state index in [0.29, 0.717) is 24.1 Å². The lowest BCUT2D eigenvalue weighted by Gasteiger charge is -2.07. The first-order valence-corrected chi connectivity index (χ1v) is 9.94. The van der Waals surface area contributed by atoms with Gasteiger partial charge in [-0.25, -0.2) is 8.42 Å². The standard InChI is InChI=1S/C16H20N4O3S/c1-24(22,23)11-12-4-6-13(7-5-12)16(21)17-9-8-15-19-18-14-3-2-10-20(14)15/h4-7H,2-3,8-11H2,1H3,(H,17,21). The van der Waals surface area contributed by atoms with E-state index in [1.54, 1.807) is 24.3 Å². The lowest BCUT2D eigenvalue weighted by molar-refractivity contribution is 0.0954. The Bertz CT molecular complexity index is 841. The zero-order chi connectivity index (χ0) is 17.2. The van der Waals surface area contributed by atoms with Gasteiger partial charge in [0.2, 0.25) is 0 Å². The van der Waals surface area contributed by atoms with Crippen LogP contribution < -0.4 is 5.32 Å². The van der Waals surface area contributed by atoms with E-state index in [1.807, 2.05) is 0 Å². The van der Waals surface area contributed by atoms with Crippen LogP contribution in [0.4, 0.5) is 0 Å². The number of carbonyl (C=O) groups excluding carboxylic acids is 1. The van der Waals surface area contributed by atoms with Crippen LogP contribution in [0.5, 0.6) is 0 Å². The summed E-state index contributed by atoms with van der Waals surface area (Å²) in [5.41, 5.74) is 1.19. The number of carbonyl (C=O) groups is 1. The van der Waals surface area contributed by atoms with Crippen molar-refractivity contribution in [2.45, 2.75) is 31.6 Å². The van der Waals surface area contributed by atoms with Crippen molar-refractivity contribution in [3.05, 3.63) is 47.0 Å². The van der Waals surface area contributed by atoms with Gasteiger partial charge in [-0.3, -0.25) is 4.79 Å². The smallest absolute Gasteiger partial charge is 0.251 e. The van der Waals surface area contributed by atoms with Gasteiger partial charge in [0.05, 0.1) is 5.75 Å². The van der Waals surface area contributed by atoms with Gasteiger partial charge in [-0.15, -0.1) is 10.2 Å². The maximum atomic E-state index is 12.1. The molecule has 0 spiro atoms. The van der Waals surface area contributed by atoms with Crippen molar-refractivity contribution in [1.82, 2.24) is 20.1 Å². The van der Waals surface area contributed by atoms with Gasteiger partial charge in [0.1, 0.15) is 11.6 Å². The number of nitrogens with one attached hydrogen (secondary N) is 1. The molecule has 0 saturated heterocycles. The molecule has 1 aliphatic heterocycles. The van der Waals surface area contributed by atoms with E-state index in [4.69, 9.17) is 0 Å². The monoisotopic (exact) mass is 348 g/mol. The van der Waals surface area contributed by atoms with Crippen LogP contribution in [0.15, 0.2) is 24.3 Å². The summed E-state index contributed by atoms with van der Waals surface area (Å²) in [4.78, 5) is 12.1. The number of hydrogen-bond acceptors (Lipinski definition) is 5. The molecular weight excluding hydrogens is 328 g/mol. The van der Waals surface area contributed by atoms with Gasteiger partial charge in [-0.1, -0.05) is 12.1 Å². The van der Waals surface area contributed by atoms with Crippen molar-refractivity contribution in [2.24, 2.45) is 0 Å². The summed E-state index contributed by atoms with van der Waals surface area (Å²) in [6, 6.07) is 6.62. The highest BCUT2D eigenvalue weighted by Gasteiger charge is 2.17. The summed E-state index contributed by atoms with van der Waals surface area (Å²) in [7, 11) is -3.07. The Morgan fingerprint density at radius 1 is 1.25 bits per heavy atom. The summed E-state index contributed by atoms with van der Waals surface area (Å²) in [5.74, 6) is 1.73. The lowest BCUT2D eigenvalue weighted by Crippen LogP contribution is -2.26. The molecule has 1 amide bonds. The Labute approximate surface area is 141 Å². The molecule has 7 nitrogen and oxygen atoms in total. The molecule has 0 atom stereocenters. The van der Waals surface area contributed by atoms with Gasteiger partial charge in [-0.05, 0) is 24.1 Å². The van der Waals surface area contributed by atoms with Crippen molar-refractivity contribution >= 4 is 15.7 Å². The number of amides is 1. The van der Waals surface area contributed by atoms with Crippen LogP contribution in [-0.2, 0) is 35.0 Å². The van der Waals surface area contributed by atoms with Gasteiger partial charge in [0.15, 0.2) is 9.84 Å². The maximum absolute atomic E-state index is 12.1. The number of aromatic nitrogens is 3. The highest BCUT2D eigenvalue weighted by molar-refractivity contribution is 7.89. The van der Waals surface area contributed by atoms with Crippen molar-refractivity contribution in [2.75, 3.05) is 12.8 Å². The predicted molar refractivity (Wildman–Crippen MR) is 89.4 cm³/mol. The van der Waals surface area contributed by atoms with Crippen LogP contribution >= 0.6 is 0 Å². The number of aryl methyl sites for hydroxylation is 1. The molecular formula is C16H20N4O3S. The third-order valence-electron chi connectivity index (χ3n) is 3.97. The number of rotatable bonds is 6. The van der Waals surface area contributed by atoms with Crippen molar-refractivity contribution in [3.8, 4) is 0 Å². The van der Waals surface area contributed by atoms with Gasteiger partial charge in [0.25, 0.3) is 5.91 Å². The predicted octanol–water partition coefficient (Wildman–Crippen LogP) is 0.741. The van der Waals surface area contributed by atoms with E-state index >= 15 is 0 Å². The third kappa shape index (κ3) is 4.00. The zero-order valence-corrected chi connectivity index (χ0v) is 14.3. The van der Waals surface area contributed by atoms with Crippen molar-refractivity contribution in [3.63, 3.8) is 0 Å². The summed E-state index contributed by atoms with van der Waals surface area (Å²) < 4.78 is 24.6. The van der Waals surface area contributed by atoms with Gasteiger partial charge in [-0.2, -0.15) is 0 Å². The minimum atomic E-state index is -3.07. The molecule has 8 heteroatoms. The second-order valence-corrected chi connectivity index (χ2v) is 8.20. The summed E-state index contributed by atoms with van der Waals surface area (Å²) >= 11 is 0. The lowest BCUT2D eigenvalue weighted by atomic mass is 10.1. The minimum Gasteiger partial charge on any atom is -0.352 e. The second-order valence-electron chi connectivity index (χ2n) is 6.06. The van der Waals surface area contributed by atoms with Crippen molar-refractivity contribution < 1.29 is 13.2 Å². The molecule has 1 aliphatic rings. The molecule has 3 rings (SSSR count). The summed E-state index contributed by atoms with van der Waals surface area (Å²) in [6.45, 7) is 1.44. The SMILES string of the molecule is CS(=O)(=O)Cc1ccc(C(=O)NCCc2nnc3n2CCC3)cc1. The average molecular weight is 348 g/mol. The molecule has 128 valence electrons. The van der Waals surface area contributed by atoms with Crippen LogP contribution in [0.1, 0.15) is 34.0 Å². The molecule has 0 unspecified atom stereocenters. The fourth-order valence-electron chi connectivity index (χ4n) is 2.84. The first-order valence-electron chi connectivity index (χ1n) is 7.88. The van der Waals surface area contributed by atoms with Crippen LogP contribution in [0.2, 0.25) is 0 Å². The topological polar surface area (TPSA) is 93.9 Å². The van der Waals surface area contributed by atoms with E-state index in [2.05, 4.69) is 20.1 Å². The number of fused-ring (bicyclic) bond motifs is 1. The molecule has 1 aromatic carbocycles. The third-order valence-corrected chi connectivity index (χ3v) is 4.82. The van der Waals surface area contributed by atoms with Gasteiger partial charge < -0.3 is 9.88 Å². The number of benzene rings is 1. The molecule has 0 aliphatic carbocycles. The Hall–Kier alpha value is -2.22.